The van der Waals surface area contributed by atoms with E-state index in [0.717, 1.165) is 0 Å². The summed E-state index contributed by atoms with van der Waals surface area (Å²) in [4.78, 5) is 10.9. The predicted molar refractivity (Wildman–Crippen MR) is 58.3 cm³/mol. The number of hydrogen-bond acceptors (Lipinski definition) is 2. The second kappa shape index (κ2) is 4.98. The zero-order chi connectivity index (χ0) is 11.4. The average molecular weight is 231 g/mol. The molecule has 1 unspecified atom stereocenters. The third-order valence-electron chi connectivity index (χ3n) is 2.01. The molecule has 1 rings (SSSR count). The van der Waals surface area contributed by atoms with Crippen LogP contribution in [0.3, 0.4) is 0 Å². The molecular weight excluding hydrogens is 219 g/mol. The van der Waals surface area contributed by atoms with Gasteiger partial charge in [-0.1, -0.05) is 18.5 Å². The Labute approximate surface area is 92.4 Å². The number of hydrogen-bond donors (Lipinski definition) is 2. The summed E-state index contributed by atoms with van der Waals surface area (Å²) < 4.78 is 13.0. The Morgan fingerprint density at radius 3 is 2.80 bits per heavy atom. The molecule has 0 bridgehead atoms. The van der Waals surface area contributed by atoms with Gasteiger partial charge in [0.2, 0.25) is 5.91 Å². The van der Waals surface area contributed by atoms with E-state index in [-0.39, 0.29) is 5.02 Å². The summed E-state index contributed by atoms with van der Waals surface area (Å²) in [7, 11) is 0. The van der Waals surface area contributed by atoms with Gasteiger partial charge < -0.3 is 11.1 Å². The van der Waals surface area contributed by atoms with Gasteiger partial charge in [-0.3, -0.25) is 4.79 Å². The number of carbonyl (C=O) groups is 1. The molecule has 0 radical (unpaired) electrons. The van der Waals surface area contributed by atoms with Crippen molar-refractivity contribution in [1.29, 1.82) is 0 Å². The van der Waals surface area contributed by atoms with E-state index in [9.17, 15) is 9.18 Å². The van der Waals surface area contributed by atoms with E-state index in [1.807, 2.05) is 6.92 Å². The van der Waals surface area contributed by atoms with Gasteiger partial charge in [0.15, 0.2) is 0 Å². The Hall–Kier alpha value is -1.29. The quantitative estimate of drug-likeness (QED) is 0.833. The smallest absolute Gasteiger partial charge is 0.239 e. The van der Waals surface area contributed by atoms with Crippen molar-refractivity contribution in [3.05, 3.63) is 29.0 Å². The minimum Gasteiger partial charge on any atom is -0.374 e. The highest BCUT2D eigenvalue weighted by atomic mass is 35.5. The van der Waals surface area contributed by atoms with Crippen molar-refractivity contribution in [3.8, 4) is 0 Å². The Morgan fingerprint density at radius 1 is 1.67 bits per heavy atom. The molecule has 1 amide bonds. The molecule has 82 valence electrons. The molecule has 0 heterocycles. The third kappa shape index (κ3) is 3.09. The van der Waals surface area contributed by atoms with Crippen LogP contribution in [0.25, 0.3) is 0 Å². The first kappa shape index (κ1) is 11.8. The summed E-state index contributed by atoms with van der Waals surface area (Å²) in [6, 6.07) is 3.75. The maximum absolute atomic E-state index is 13.0. The molecule has 5 heteroatoms. The Bertz CT molecular complexity index is 370. The fourth-order valence-electron chi connectivity index (χ4n) is 1.16. The lowest BCUT2D eigenvalue weighted by atomic mass is 10.2. The van der Waals surface area contributed by atoms with Crippen molar-refractivity contribution >= 4 is 23.2 Å². The van der Waals surface area contributed by atoms with Crippen LogP contribution in [0.1, 0.15) is 13.3 Å². The predicted octanol–water partition coefficient (Wildman–Crippen LogP) is 2.15. The highest BCUT2D eigenvalue weighted by Crippen LogP contribution is 2.19. The number of rotatable bonds is 4. The highest BCUT2D eigenvalue weighted by molar-refractivity contribution is 6.30. The number of halogens is 2. The van der Waals surface area contributed by atoms with Crippen LogP contribution >= 0.6 is 11.6 Å². The summed E-state index contributed by atoms with van der Waals surface area (Å²) in [5.41, 5.74) is 5.63. The molecular formula is C10H12ClFN2O. The number of anilines is 1. The molecule has 0 saturated heterocycles. The van der Waals surface area contributed by atoms with Crippen LogP contribution in [0.5, 0.6) is 0 Å². The van der Waals surface area contributed by atoms with E-state index in [2.05, 4.69) is 5.32 Å². The Kier molecular flexibility index (Phi) is 3.91. The van der Waals surface area contributed by atoms with E-state index in [0.29, 0.717) is 12.1 Å². The zero-order valence-corrected chi connectivity index (χ0v) is 9.01. The van der Waals surface area contributed by atoms with Gasteiger partial charge in [-0.25, -0.2) is 4.39 Å². The van der Waals surface area contributed by atoms with Crippen molar-refractivity contribution < 1.29 is 9.18 Å². The normalized spacial score (nSPS) is 12.2. The Morgan fingerprint density at radius 2 is 2.33 bits per heavy atom. The van der Waals surface area contributed by atoms with Crippen LogP contribution in [0, 0.1) is 5.82 Å². The maximum Gasteiger partial charge on any atom is 0.239 e. The molecule has 15 heavy (non-hydrogen) atoms. The summed E-state index contributed by atoms with van der Waals surface area (Å²) in [6.07, 6.45) is 0.541. The number of carbonyl (C=O) groups excluding carboxylic acids is 1. The van der Waals surface area contributed by atoms with Crippen LogP contribution < -0.4 is 11.1 Å². The third-order valence-corrected chi connectivity index (χ3v) is 2.32. The van der Waals surface area contributed by atoms with Crippen molar-refractivity contribution in [2.24, 2.45) is 5.73 Å². The SMILES string of the molecule is CCC(Nc1ccc(Cl)c(F)c1)C(N)=O. The van der Waals surface area contributed by atoms with E-state index in [4.69, 9.17) is 17.3 Å². The molecule has 1 atom stereocenters. The molecule has 0 aliphatic heterocycles. The number of benzene rings is 1. The number of primary amides is 1. The lowest BCUT2D eigenvalue weighted by molar-refractivity contribution is -0.118. The zero-order valence-electron chi connectivity index (χ0n) is 8.26. The molecule has 1 aromatic rings. The summed E-state index contributed by atoms with van der Waals surface area (Å²) in [5, 5.41) is 2.87. The fourth-order valence-corrected chi connectivity index (χ4v) is 1.28. The maximum atomic E-state index is 13.0. The molecule has 0 aromatic heterocycles. The van der Waals surface area contributed by atoms with Gasteiger partial charge in [-0.05, 0) is 24.6 Å². The van der Waals surface area contributed by atoms with Gasteiger partial charge >= 0.3 is 0 Å². The number of nitrogens with two attached hydrogens (primary N) is 1. The fraction of sp³-hybridized carbons (Fsp3) is 0.300. The van der Waals surface area contributed by atoms with Crippen LogP contribution in [0.15, 0.2) is 18.2 Å². The molecule has 0 spiro atoms. The van der Waals surface area contributed by atoms with Gasteiger partial charge in [0, 0.05) is 5.69 Å². The lowest BCUT2D eigenvalue weighted by Gasteiger charge is -2.14. The Balaban J connectivity index is 2.80. The van der Waals surface area contributed by atoms with Gasteiger partial charge in [0.25, 0.3) is 0 Å². The first-order valence-electron chi connectivity index (χ1n) is 4.55. The van der Waals surface area contributed by atoms with Crippen LogP contribution in [0.4, 0.5) is 10.1 Å². The van der Waals surface area contributed by atoms with E-state index >= 15 is 0 Å². The minimum absolute atomic E-state index is 0.0488. The second-order valence-electron chi connectivity index (χ2n) is 3.14. The second-order valence-corrected chi connectivity index (χ2v) is 3.54. The van der Waals surface area contributed by atoms with Crippen molar-refractivity contribution in [2.75, 3.05) is 5.32 Å². The summed E-state index contributed by atoms with van der Waals surface area (Å²) in [6.45, 7) is 1.81. The highest BCUT2D eigenvalue weighted by Gasteiger charge is 2.12. The van der Waals surface area contributed by atoms with Gasteiger partial charge in [-0.2, -0.15) is 0 Å². The molecule has 0 aliphatic rings. The molecule has 1 aromatic carbocycles. The van der Waals surface area contributed by atoms with Gasteiger partial charge in [0.05, 0.1) is 5.02 Å². The van der Waals surface area contributed by atoms with E-state index in [1.165, 1.54) is 12.1 Å². The number of nitrogens with one attached hydrogen (secondary N) is 1. The first-order chi connectivity index (χ1) is 7.04. The number of amides is 1. The molecule has 0 saturated carbocycles. The molecule has 3 N–H and O–H groups in total. The van der Waals surface area contributed by atoms with Gasteiger partial charge in [0.1, 0.15) is 11.9 Å². The van der Waals surface area contributed by atoms with E-state index in [1.54, 1.807) is 6.07 Å². The largest absolute Gasteiger partial charge is 0.374 e. The lowest BCUT2D eigenvalue weighted by Crippen LogP contribution is -2.34. The summed E-state index contributed by atoms with van der Waals surface area (Å²) in [5.74, 6) is -0.992. The summed E-state index contributed by atoms with van der Waals surface area (Å²) >= 11 is 5.52. The van der Waals surface area contributed by atoms with Crippen LogP contribution in [-0.4, -0.2) is 11.9 Å². The first-order valence-corrected chi connectivity index (χ1v) is 4.93. The van der Waals surface area contributed by atoms with Crippen molar-refractivity contribution in [1.82, 2.24) is 0 Å². The molecule has 0 aliphatic carbocycles. The minimum atomic E-state index is -0.527. The standard InChI is InChI=1S/C10H12ClFN2O/c1-2-9(10(13)15)14-6-3-4-7(11)8(12)5-6/h3-5,9,14H,2H2,1H3,(H2,13,15). The topological polar surface area (TPSA) is 55.1 Å². The van der Waals surface area contributed by atoms with Crippen molar-refractivity contribution in [2.45, 2.75) is 19.4 Å². The molecule has 3 nitrogen and oxygen atoms in total. The van der Waals surface area contributed by atoms with Crippen LogP contribution in [0.2, 0.25) is 5.02 Å². The monoisotopic (exact) mass is 230 g/mol. The molecule has 0 fully saturated rings. The van der Waals surface area contributed by atoms with Crippen molar-refractivity contribution in [3.63, 3.8) is 0 Å². The average Bonchev–Trinajstić information content (AvgIpc) is 2.19. The van der Waals surface area contributed by atoms with E-state index < -0.39 is 17.8 Å². The van der Waals surface area contributed by atoms with Gasteiger partial charge in [-0.15, -0.1) is 0 Å². The van der Waals surface area contributed by atoms with Crippen LogP contribution in [-0.2, 0) is 4.79 Å².